The number of carbonyl (C=O) groups excluding carboxylic acids is 4. The van der Waals surface area contributed by atoms with Gasteiger partial charge in [-0.3, -0.25) is 19.2 Å². The summed E-state index contributed by atoms with van der Waals surface area (Å²) >= 11 is 2.17. The Hall–Kier alpha value is -3.17. The third-order valence-corrected chi connectivity index (χ3v) is 7.72. The molecule has 3 aliphatic rings. The van der Waals surface area contributed by atoms with E-state index in [4.69, 9.17) is 4.74 Å². The largest absolute Gasteiger partial charge is 0.349 e. The summed E-state index contributed by atoms with van der Waals surface area (Å²) in [5.41, 5.74) is 0.267. The summed E-state index contributed by atoms with van der Waals surface area (Å²) < 4.78 is 7.24. The van der Waals surface area contributed by atoms with Crippen LogP contribution < -0.4 is 4.90 Å². The van der Waals surface area contributed by atoms with Crippen molar-refractivity contribution >= 4 is 51.7 Å². The van der Waals surface area contributed by atoms with Crippen molar-refractivity contribution in [3.05, 3.63) is 98.6 Å². The molecule has 0 N–H and O–H groups in total. The number of ether oxygens (including phenoxy) is 1. The molecular weight excluding hydrogens is 545 g/mol. The summed E-state index contributed by atoms with van der Waals surface area (Å²) in [5.74, 6) is -4.37. The first-order valence-electron chi connectivity index (χ1n) is 10.9. The van der Waals surface area contributed by atoms with Crippen LogP contribution in [0.1, 0.15) is 37.9 Å². The van der Waals surface area contributed by atoms with Crippen LogP contribution in [-0.4, -0.2) is 29.0 Å². The van der Waals surface area contributed by atoms with E-state index < -0.39 is 46.9 Å². The molecule has 1 spiro atoms. The van der Waals surface area contributed by atoms with Gasteiger partial charge in [-0.25, -0.2) is 4.90 Å². The standard InChI is InChI=1S/C27H18INO5/c1-14-13-16(28)11-12-19(14)29-25(32)20-21(26(29)33)27(34-22(20)15-7-3-2-4-8-15)23(30)17-9-5-6-10-18(17)24(27)31/h2-13,20-22H,1H3. The van der Waals surface area contributed by atoms with Crippen LogP contribution in [0.3, 0.4) is 0 Å². The Morgan fingerprint density at radius 3 is 2.06 bits per heavy atom. The minimum absolute atomic E-state index is 0.226. The first-order chi connectivity index (χ1) is 16.4. The summed E-state index contributed by atoms with van der Waals surface area (Å²) in [7, 11) is 0. The van der Waals surface area contributed by atoms with Gasteiger partial charge in [0.2, 0.25) is 29.0 Å². The van der Waals surface area contributed by atoms with Crippen LogP contribution in [0.4, 0.5) is 5.69 Å². The Bertz CT molecular complexity index is 1380. The zero-order chi connectivity index (χ0) is 23.8. The molecule has 168 valence electrons. The third kappa shape index (κ3) is 2.65. The van der Waals surface area contributed by atoms with Gasteiger partial charge in [0, 0.05) is 14.7 Å². The number of hydrogen-bond donors (Lipinski definition) is 0. The normalized spacial score (nSPS) is 24.8. The fourth-order valence-electron chi connectivity index (χ4n) is 5.57. The van der Waals surface area contributed by atoms with E-state index in [2.05, 4.69) is 22.6 Å². The molecule has 6 nitrogen and oxygen atoms in total. The van der Waals surface area contributed by atoms with Crippen molar-refractivity contribution in [3.63, 3.8) is 0 Å². The van der Waals surface area contributed by atoms with Crippen LogP contribution >= 0.6 is 22.6 Å². The number of anilines is 1. The van der Waals surface area contributed by atoms with Crippen LogP contribution in [-0.2, 0) is 14.3 Å². The summed E-state index contributed by atoms with van der Waals surface area (Å²) in [6, 6.07) is 20.9. The number of benzene rings is 3. The average Bonchev–Trinajstić information content (AvgIpc) is 3.40. The molecule has 7 heteroatoms. The number of imide groups is 1. The molecule has 3 aromatic rings. The summed E-state index contributed by atoms with van der Waals surface area (Å²) in [5, 5.41) is 0. The predicted molar refractivity (Wildman–Crippen MR) is 131 cm³/mol. The van der Waals surface area contributed by atoms with Crippen LogP contribution in [0.2, 0.25) is 0 Å². The number of amides is 2. The Labute approximate surface area is 209 Å². The van der Waals surface area contributed by atoms with E-state index in [-0.39, 0.29) is 11.1 Å². The number of fused-ring (bicyclic) bond motifs is 3. The van der Waals surface area contributed by atoms with Crippen LogP contribution in [0, 0.1) is 22.3 Å². The molecule has 3 aromatic carbocycles. The van der Waals surface area contributed by atoms with Crippen LogP contribution in [0.25, 0.3) is 0 Å². The average molecular weight is 563 g/mol. The third-order valence-electron chi connectivity index (χ3n) is 7.05. The quantitative estimate of drug-likeness (QED) is 0.264. The molecule has 2 amide bonds. The number of carbonyl (C=O) groups is 4. The molecule has 0 bridgehead atoms. The van der Waals surface area contributed by atoms with E-state index in [1.165, 1.54) is 0 Å². The van der Waals surface area contributed by atoms with Gasteiger partial charge in [-0.1, -0.05) is 54.6 Å². The molecule has 34 heavy (non-hydrogen) atoms. The van der Waals surface area contributed by atoms with Crippen LogP contribution in [0.15, 0.2) is 72.8 Å². The zero-order valence-electron chi connectivity index (χ0n) is 18.0. The summed E-state index contributed by atoms with van der Waals surface area (Å²) in [4.78, 5) is 56.4. The first-order valence-corrected chi connectivity index (χ1v) is 12.0. The number of hydrogen-bond acceptors (Lipinski definition) is 5. The lowest BCUT2D eigenvalue weighted by atomic mass is 9.77. The van der Waals surface area contributed by atoms with Gasteiger partial charge in [0.1, 0.15) is 0 Å². The molecule has 2 fully saturated rings. The highest BCUT2D eigenvalue weighted by atomic mass is 127. The molecular formula is C27H18INO5. The second kappa shape index (κ2) is 7.41. The van der Waals surface area contributed by atoms with Gasteiger partial charge in [0.05, 0.1) is 23.6 Å². The molecule has 2 aliphatic heterocycles. The maximum atomic E-state index is 13.9. The molecule has 0 aromatic heterocycles. The molecule has 1 aliphatic carbocycles. The van der Waals surface area contributed by atoms with Gasteiger partial charge in [-0.05, 0) is 58.8 Å². The van der Waals surface area contributed by atoms with Crippen molar-refractivity contribution in [2.24, 2.45) is 11.8 Å². The lowest BCUT2D eigenvalue weighted by Crippen LogP contribution is -2.51. The van der Waals surface area contributed by atoms with Crippen molar-refractivity contribution < 1.29 is 23.9 Å². The summed E-state index contributed by atoms with van der Waals surface area (Å²) in [6.07, 6.45) is -0.904. The van der Waals surface area contributed by atoms with Gasteiger partial charge in [0.25, 0.3) is 0 Å². The molecule has 0 saturated carbocycles. The minimum Gasteiger partial charge on any atom is -0.349 e. The topological polar surface area (TPSA) is 80.8 Å². The van der Waals surface area contributed by atoms with Crippen molar-refractivity contribution in [1.29, 1.82) is 0 Å². The van der Waals surface area contributed by atoms with E-state index in [0.29, 0.717) is 11.3 Å². The van der Waals surface area contributed by atoms with Crippen LogP contribution in [0.5, 0.6) is 0 Å². The first kappa shape index (κ1) is 21.4. The summed E-state index contributed by atoms with van der Waals surface area (Å²) in [6.45, 7) is 1.83. The van der Waals surface area contributed by atoms with Crippen molar-refractivity contribution in [1.82, 2.24) is 0 Å². The van der Waals surface area contributed by atoms with E-state index in [9.17, 15) is 19.2 Å². The van der Waals surface area contributed by atoms with Gasteiger partial charge in [-0.2, -0.15) is 0 Å². The number of nitrogens with zero attached hydrogens (tertiary/aromatic N) is 1. The highest BCUT2D eigenvalue weighted by Gasteiger charge is 2.74. The fraction of sp³-hybridized carbons (Fsp3) is 0.185. The zero-order valence-corrected chi connectivity index (χ0v) is 20.2. The lowest BCUT2D eigenvalue weighted by Gasteiger charge is -2.27. The number of aryl methyl sites for hydroxylation is 1. The van der Waals surface area contributed by atoms with Gasteiger partial charge in [-0.15, -0.1) is 0 Å². The molecule has 0 radical (unpaired) electrons. The highest BCUT2D eigenvalue weighted by Crippen LogP contribution is 2.57. The maximum absolute atomic E-state index is 13.9. The predicted octanol–water partition coefficient (Wildman–Crippen LogP) is 4.29. The molecule has 6 rings (SSSR count). The lowest BCUT2D eigenvalue weighted by molar-refractivity contribution is -0.127. The SMILES string of the molecule is Cc1cc(I)ccc1N1C(=O)C2C(c3ccccc3)OC3(C(=O)c4ccccc4C3=O)C2C1=O. The van der Waals surface area contributed by atoms with E-state index >= 15 is 0 Å². The molecule has 2 heterocycles. The number of halogens is 1. The smallest absolute Gasteiger partial charge is 0.241 e. The van der Waals surface area contributed by atoms with Crippen molar-refractivity contribution in [2.75, 3.05) is 4.90 Å². The molecule has 2 saturated heterocycles. The van der Waals surface area contributed by atoms with Gasteiger partial charge >= 0.3 is 0 Å². The number of Topliss-reactive ketones (excluding diaryl/α,β-unsaturated/α-hetero) is 2. The van der Waals surface area contributed by atoms with Crippen molar-refractivity contribution in [2.45, 2.75) is 18.6 Å². The van der Waals surface area contributed by atoms with Crippen molar-refractivity contribution in [3.8, 4) is 0 Å². The number of ketones is 2. The Kier molecular flexibility index (Phi) is 4.66. The molecule has 3 atom stereocenters. The maximum Gasteiger partial charge on any atom is 0.241 e. The van der Waals surface area contributed by atoms with Gasteiger partial charge < -0.3 is 4.74 Å². The Balaban J connectivity index is 1.56. The monoisotopic (exact) mass is 563 g/mol. The molecule has 3 unspecified atom stereocenters. The van der Waals surface area contributed by atoms with E-state index in [0.717, 1.165) is 14.0 Å². The second-order valence-corrected chi connectivity index (χ2v) is 10.1. The fourth-order valence-corrected chi connectivity index (χ4v) is 6.21. The Morgan fingerprint density at radius 1 is 0.824 bits per heavy atom. The van der Waals surface area contributed by atoms with Gasteiger partial charge in [0.15, 0.2) is 0 Å². The minimum atomic E-state index is -2.05. The van der Waals surface area contributed by atoms with E-state index in [1.807, 2.05) is 25.1 Å². The second-order valence-electron chi connectivity index (χ2n) is 8.83. The number of rotatable bonds is 2. The van der Waals surface area contributed by atoms with E-state index in [1.54, 1.807) is 54.6 Å². The Morgan fingerprint density at radius 2 is 1.44 bits per heavy atom. The highest BCUT2D eigenvalue weighted by molar-refractivity contribution is 14.1.